The van der Waals surface area contributed by atoms with E-state index in [4.69, 9.17) is 11.1 Å². The van der Waals surface area contributed by atoms with Crippen LogP contribution in [0, 0.1) is 12.3 Å². The van der Waals surface area contributed by atoms with E-state index in [1.165, 1.54) is 11.3 Å². The molecule has 3 N–H and O–H groups in total. The van der Waals surface area contributed by atoms with E-state index < -0.39 is 0 Å². The van der Waals surface area contributed by atoms with Crippen LogP contribution in [0.2, 0.25) is 0 Å². The fourth-order valence-corrected chi connectivity index (χ4v) is 2.52. The summed E-state index contributed by atoms with van der Waals surface area (Å²) in [4.78, 5) is 6.73. The molecule has 0 amide bonds. The molecule has 0 saturated carbocycles. The summed E-state index contributed by atoms with van der Waals surface area (Å²) in [5, 5.41) is 7.71. The van der Waals surface area contributed by atoms with Crippen molar-refractivity contribution in [2.45, 2.75) is 13.3 Å². The summed E-state index contributed by atoms with van der Waals surface area (Å²) < 4.78 is 0. The Kier molecular flexibility index (Phi) is 2.71. The van der Waals surface area contributed by atoms with Crippen molar-refractivity contribution in [2.24, 2.45) is 5.73 Å². The normalized spacial score (nSPS) is 13.4. The third kappa shape index (κ3) is 1.95. The number of nitrogens with zero attached hydrogens (tertiary/aromatic N) is 2. The van der Waals surface area contributed by atoms with Crippen LogP contribution >= 0.6 is 0 Å². The summed E-state index contributed by atoms with van der Waals surface area (Å²) in [7, 11) is 0. The lowest BCUT2D eigenvalue weighted by atomic mass is 10.1. The number of para-hydroxylation sites is 1. The van der Waals surface area contributed by atoms with Crippen molar-refractivity contribution in [3.63, 3.8) is 0 Å². The molecule has 4 heteroatoms. The molecule has 0 aliphatic carbocycles. The number of aryl methyl sites for hydroxylation is 1. The van der Waals surface area contributed by atoms with Crippen molar-refractivity contribution in [1.29, 1.82) is 5.41 Å². The number of rotatable bonds is 2. The summed E-state index contributed by atoms with van der Waals surface area (Å²) >= 11 is 0. The molecule has 2 aromatic rings. The van der Waals surface area contributed by atoms with Crippen molar-refractivity contribution in [2.75, 3.05) is 11.4 Å². The lowest BCUT2D eigenvalue weighted by Crippen LogP contribution is -2.22. The first-order valence-corrected chi connectivity index (χ1v) is 6.34. The van der Waals surface area contributed by atoms with Crippen molar-refractivity contribution < 1.29 is 0 Å². The first-order valence-electron chi connectivity index (χ1n) is 6.34. The Morgan fingerprint density at radius 1 is 1.26 bits per heavy atom. The number of hydrogen-bond donors (Lipinski definition) is 2. The Hall–Kier alpha value is -2.36. The zero-order chi connectivity index (χ0) is 13.4. The van der Waals surface area contributed by atoms with E-state index in [9.17, 15) is 0 Å². The van der Waals surface area contributed by atoms with Crippen LogP contribution in [-0.4, -0.2) is 17.4 Å². The number of amidine groups is 1. The number of anilines is 2. The van der Waals surface area contributed by atoms with Crippen molar-refractivity contribution >= 4 is 17.3 Å². The van der Waals surface area contributed by atoms with E-state index in [2.05, 4.69) is 28.1 Å². The number of pyridine rings is 1. The van der Waals surface area contributed by atoms with Gasteiger partial charge in [-0.1, -0.05) is 18.2 Å². The smallest absolute Gasteiger partial charge is 0.144 e. The Balaban J connectivity index is 2.13. The monoisotopic (exact) mass is 252 g/mol. The molecule has 0 fully saturated rings. The average molecular weight is 252 g/mol. The highest BCUT2D eigenvalue weighted by molar-refractivity contribution is 6.00. The first-order chi connectivity index (χ1) is 9.16. The Morgan fingerprint density at radius 2 is 2.05 bits per heavy atom. The molecule has 0 saturated heterocycles. The van der Waals surface area contributed by atoms with E-state index >= 15 is 0 Å². The Labute approximate surface area is 112 Å². The van der Waals surface area contributed by atoms with Gasteiger partial charge in [0.05, 0.1) is 5.56 Å². The highest BCUT2D eigenvalue weighted by Gasteiger charge is 2.23. The second kappa shape index (κ2) is 4.39. The molecule has 4 nitrogen and oxygen atoms in total. The van der Waals surface area contributed by atoms with Crippen LogP contribution in [0.15, 0.2) is 36.4 Å². The van der Waals surface area contributed by atoms with Gasteiger partial charge in [0, 0.05) is 17.9 Å². The summed E-state index contributed by atoms with van der Waals surface area (Å²) in [5.41, 5.74) is 9.79. The highest BCUT2D eigenvalue weighted by Crippen LogP contribution is 2.34. The predicted molar refractivity (Wildman–Crippen MR) is 77.1 cm³/mol. The third-order valence-corrected chi connectivity index (χ3v) is 3.45. The third-order valence-electron chi connectivity index (χ3n) is 3.45. The lowest BCUT2D eigenvalue weighted by molar-refractivity contribution is 0.963. The minimum absolute atomic E-state index is 0.0619. The molecule has 3 rings (SSSR count). The predicted octanol–water partition coefficient (Wildman–Crippen LogP) is 2.37. The maximum Gasteiger partial charge on any atom is 0.144 e. The van der Waals surface area contributed by atoms with Gasteiger partial charge in [-0.15, -0.1) is 0 Å². The number of benzene rings is 1. The molecule has 1 aliphatic heterocycles. The minimum atomic E-state index is 0.0619. The maximum absolute atomic E-state index is 7.71. The van der Waals surface area contributed by atoms with Gasteiger partial charge >= 0.3 is 0 Å². The number of hydrogen-bond acceptors (Lipinski definition) is 3. The molecule has 19 heavy (non-hydrogen) atoms. The van der Waals surface area contributed by atoms with Crippen LogP contribution in [0.5, 0.6) is 0 Å². The largest absolute Gasteiger partial charge is 0.384 e. The molecule has 1 aliphatic rings. The minimum Gasteiger partial charge on any atom is -0.384 e. The number of aromatic nitrogens is 1. The summed E-state index contributed by atoms with van der Waals surface area (Å²) in [6.07, 6.45) is 1.00. The molecule has 0 spiro atoms. The molecular formula is C15H16N4. The summed E-state index contributed by atoms with van der Waals surface area (Å²) in [5.74, 6) is 0.851. The average Bonchev–Trinajstić information content (AvgIpc) is 2.82. The number of nitrogens with two attached hydrogens (primary N) is 1. The van der Waals surface area contributed by atoms with E-state index in [0.717, 1.165) is 24.5 Å². The van der Waals surface area contributed by atoms with Crippen LogP contribution in [0.1, 0.15) is 16.8 Å². The number of nitrogens with one attached hydrogen (secondary N) is 1. The van der Waals surface area contributed by atoms with Crippen LogP contribution in [0.4, 0.5) is 11.5 Å². The zero-order valence-electron chi connectivity index (χ0n) is 10.9. The highest BCUT2D eigenvalue weighted by atomic mass is 15.2. The van der Waals surface area contributed by atoms with Crippen LogP contribution in [0.3, 0.4) is 0 Å². The topological polar surface area (TPSA) is 66.0 Å². The second-order valence-corrected chi connectivity index (χ2v) is 4.77. The van der Waals surface area contributed by atoms with E-state index in [1.54, 1.807) is 0 Å². The van der Waals surface area contributed by atoms with Crippen molar-refractivity contribution in [3.05, 3.63) is 53.2 Å². The summed E-state index contributed by atoms with van der Waals surface area (Å²) in [6.45, 7) is 2.84. The molecule has 0 bridgehead atoms. The zero-order valence-corrected chi connectivity index (χ0v) is 10.9. The molecule has 0 unspecified atom stereocenters. The van der Waals surface area contributed by atoms with Gasteiger partial charge in [0.1, 0.15) is 11.7 Å². The first kappa shape index (κ1) is 11.7. The van der Waals surface area contributed by atoms with Gasteiger partial charge < -0.3 is 10.6 Å². The molecule has 96 valence electrons. The Bertz CT molecular complexity index is 648. The summed E-state index contributed by atoms with van der Waals surface area (Å²) in [6, 6.07) is 12.1. The molecular weight excluding hydrogens is 236 g/mol. The fourth-order valence-electron chi connectivity index (χ4n) is 2.52. The molecule has 0 radical (unpaired) electrons. The van der Waals surface area contributed by atoms with Crippen LogP contribution in [0.25, 0.3) is 0 Å². The van der Waals surface area contributed by atoms with Crippen LogP contribution < -0.4 is 10.6 Å². The van der Waals surface area contributed by atoms with Gasteiger partial charge in [-0.3, -0.25) is 5.41 Å². The molecule has 1 aromatic heterocycles. The Morgan fingerprint density at radius 3 is 2.84 bits per heavy atom. The van der Waals surface area contributed by atoms with Gasteiger partial charge in [-0.05, 0) is 37.1 Å². The van der Waals surface area contributed by atoms with Gasteiger partial charge in [-0.2, -0.15) is 0 Å². The van der Waals surface area contributed by atoms with E-state index in [-0.39, 0.29) is 5.84 Å². The van der Waals surface area contributed by atoms with E-state index in [1.807, 2.05) is 25.1 Å². The maximum atomic E-state index is 7.71. The van der Waals surface area contributed by atoms with E-state index in [0.29, 0.717) is 5.56 Å². The van der Waals surface area contributed by atoms with Gasteiger partial charge in [0.25, 0.3) is 0 Å². The standard InChI is InChI=1S/C15H16N4/c1-10-6-7-12(14(16)17)15(18-10)19-9-8-11-4-2-3-5-13(11)19/h2-7H,8-9H2,1H3,(H3,16,17). The van der Waals surface area contributed by atoms with Crippen molar-refractivity contribution in [1.82, 2.24) is 4.98 Å². The van der Waals surface area contributed by atoms with Gasteiger partial charge in [-0.25, -0.2) is 4.98 Å². The second-order valence-electron chi connectivity index (χ2n) is 4.77. The molecule has 0 atom stereocenters. The lowest BCUT2D eigenvalue weighted by Gasteiger charge is -2.21. The molecule has 1 aromatic carbocycles. The fraction of sp³-hybridized carbons (Fsp3) is 0.200. The van der Waals surface area contributed by atoms with Gasteiger partial charge in [0.15, 0.2) is 0 Å². The van der Waals surface area contributed by atoms with Crippen molar-refractivity contribution in [3.8, 4) is 0 Å². The molecule has 2 heterocycles. The van der Waals surface area contributed by atoms with Crippen LogP contribution in [-0.2, 0) is 6.42 Å². The number of fused-ring (bicyclic) bond motifs is 1. The van der Waals surface area contributed by atoms with Gasteiger partial charge in [0.2, 0.25) is 0 Å². The SMILES string of the molecule is Cc1ccc(C(=N)N)c(N2CCc3ccccc32)n1. The quantitative estimate of drug-likeness (QED) is 0.637. The number of nitrogen functional groups attached to an aromatic ring is 1.